The van der Waals surface area contributed by atoms with E-state index in [1.807, 2.05) is 14.0 Å². The number of halogens is 3. The number of ether oxygens (including phenoxy) is 2. The van der Waals surface area contributed by atoms with E-state index in [1.165, 1.54) is 12.1 Å². The normalized spacial score (nSPS) is 26.1. The molecule has 1 aromatic rings. The molecule has 106 valence electrons. The Morgan fingerprint density at radius 2 is 2.26 bits per heavy atom. The van der Waals surface area contributed by atoms with Gasteiger partial charge in [-0.2, -0.15) is 0 Å². The highest BCUT2D eigenvalue weighted by atomic mass is 79.9. The molecule has 0 amide bonds. The minimum absolute atomic E-state index is 0.0133. The van der Waals surface area contributed by atoms with E-state index in [-0.39, 0.29) is 23.3 Å². The molecule has 2 rings (SSSR count). The Morgan fingerprint density at radius 3 is 2.89 bits per heavy atom. The van der Waals surface area contributed by atoms with E-state index in [0.717, 1.165) is 6.42 Å². The van der Waals surface area contributed by atoms with Gasteiger partial charge < -0.3 is 14.8 Å². The van der Waals surface area contributed by atoms with Crippen molar-refractivity contribution in [2.24, 2.45) is 0 Å². The van der Waals surface area contributed by atoms with Gasteiger partial charge in [-0.3, -0.25) is 0 Å². The van der Waals surface area contributed by atoms with Crippen LogP contribution >= 0.6 is 27.5 Å². The van der Waals surface area contributed by atoms with E-state index < -0.39 is 5.82 Å². The number of benzene rings is 1. The summed E-state index contributed by atoms with van der Waals surface area (Å²) in [5, 5.41) is 3.25. The van der Waals surface area contributed by atoms with Crippen LogP contribution in [0.15, 0.2) is 16.6 Å². The first-order chi connectivity index (χ1) is 9.06. The van der Waals surface area contributed by atoms with Gasteiger partial charge in [0.25, 0.3) is 0 Å². The van der Waals surface area contributed by atoms with Gasteiger partial charge >= 0.3 is 0 Å². The van der Waals surface area contributed by atoms with Crippen LogP contribution in [0, 0.1) is 5.82 Å². The molecule has 0 aromatic heterocycles. The molecule has 1 fully saturated rings. The lowest BCUT2D eigenvalue weighted by Gasteiger charge is -2.43. The number of rotatable bonds is 5. The minimum atomic E-state index is -0.489. The molecule has 3 unspecified atom stereocenters. The van der Waals surface area contributed by atoms with Crippen molar-refractivity contribution in [2.45, 2.75) is 31.6 Å². The maximum absolute atomic E-state index is 13.4. The Bertz CT molecular complexity index is 461. The largest absolute Gasteiger partial charge is 0.486 e. The van der Waals surface area contributed by atoms with E-state index in [9.17, 15) is 4.39 Å². The van der Waals surface area contributed by atoms with Crippen molar-refractivity contribution in [3.63, 3.8) is 0 Å². The Balaban J connectivity index is 2.07. The van der Waals surface area contributed by atoms with Crippen molar-refractivity contribution in [2.75, 3.05) is 13.7 Å². The lowest BCUT2D eigenvalue weighted by atomic mass is 9.85. The standard InChI is InChI=1S/C13H16BrClFNO2/c1-3-18-13-10(17-2)6-12(13)19-11-5-9(16)8(15)4-7(11)14/h4-5,10,12-13,17H,3,6H2,1-2H3. The molecule has 1 aliphatic carbocycles. The van der Waals surface area contributed by atoms with Gasteiger partial charge in [-0.25, -0.2) is 4.39 Å². The van der Waals surface area contributed by atoms with Gasteiger partial charge in [-0.05, 0) is 36.0 Å². The first-order valence-corrected chi connectivity index (χ1v) is 7.34. The molecule has 0 radical (unpaired) electrons. The Labute approximate surface area is 125 Å². The third kappa shape index (κ3) is 3.21. The number of nitrogens with one attached hydrogen (secondary N) is 1. The molecule has 6 heteroatoms. The summed E-state index contributed by atoms with van der Waals surface area (Å²) in [6.07, 6.45) is 0.743. The first kappa shape index (κ1) is 15.0. The molecule has 1 saturated carbocycles. The number of hydrogen-bond acceptors (Lipinski definition) is 3. The average molecular weight is 353 g/mol. The summed E-state index contributed by atoms with van der Waals surface area (Å²) in [7, 11) is 1.89. The molecule has 1 aromatic carbocycles. The SMILES string of the molecule is CCOC1C(NC)CC1Oc1cc(F)c(Cl)cc1Br. The van der Waals surface area contributed by atoms with Crippen LogP contribution in [0.3, 0.4) is 0 Å². The van der Waals surface area contributed by atoms with Crippen LogP contribution in [-0.2, 0) is 4.74 Å². The zero-order valence-corrected chi connectivity index (χ0v) is 13.1. The Hall–Kier alpha value is -0.360. The molecule has 3 nitrogen and oxygen atoms in total. The van der Waals surface area contributed by atoms with Crippen LogP contribution in [0.4, 0.5) is 4.39 Å². The van der Waals surface area contributed by atoms with Crippen LogP contribution < -0.4 is 10.1 Å². The molecule has 1 aliphatic rings. The van der Waals surface area contributed by atoms with Crippen molar-refractivity contribution in [3.8, 4) is 5.75 Å². The lowest BCUT2D eigenvalue weighted by molar-refractivity contribution is -0.103. The van der Waals surface area contributed by atoms with Gasteiger partial charge in [0.2, 0.25) is 0 Å². The van der Waals surface area contributed by atoms with Crippen LogP contribution in [0.5, 0.6) is 5.75 Å². The summed E-state index contributed by atoms with van der Waals surface area (Å²) in [6.45, 7) is 2.57. The molecule has 0 heterocycles. The Morgan fingerprint density at radius 1 is 1.53 bits per heavy atom. The number of hydrogen-bond donors (Lipinski definition) is 1. The zero-order valence-electron chi connectivity index (χ0n) is 10.8. The Kier molecular flexibility index (Phi) is 5.06. The van der Waals surface area contributed by atoms with Gasteiger partial charge in [-0.15, -0.1) is 0 Å². The highest BCUT2D eigenvalue weighted by Crippen LogP contribution is 2.35. The van der Waals surface area contributed by atoms with Gasteiger partial charge in [0.1, 0.15) is 23.8 Å². The van der Waals surface area contributed by atoms with Gasteiger partial charge in [0, 0.05) is 25.1 Å². The molecule has 0 spiro atoms. The van der Waals surface area contributed by atoms with Crippen molar-refractivity contribution >= 4 is 27.5 Å². The smallest absolute Gasteiger partial charge is 0.145 e. The lowest BCUT2D eigenvalue weighted by Crippen LogP contribution is -2.60. The summed E-state index contributed by atoms with van der Waals surface area (Å²) in [5.74, 6) is -0.0385. The van der Waals surface area contributed by atoms with E-state index in [4.69, 9.17) is 21.1 Å². The van der Waals surface area contributed by atoms with E-state index in [2.05, 4.69) is 21.2 Å². The zero-order chi connectivity index (χ0) is 14.0. The molecule has 0 saturated heterocycles. The van der Waals surface area contributed by atoms with Crippen molar-refractivity contribution < 1.29 is 13.9 Å². The molecule has 19 heavy (non-hydrogen) atoms. The molecule has 0 bridgehead atoms. The topological polar surface area (TPSA) is 30.5 Å². The minimum Gasteiger partial charge on any atom is -0.486 e. The van der Waals surface area contributed by atoms with E-state index >= 15 is 0 Å². The van der Waals surface area contributed by atoms with Crippen LogP contribution in [0.2, 0.25) is 5.02 Å². The van der Waals surface area contributed by atoms with Gasteiger partial charge in [0.05, 0.1) is 9.50 Å². The molecule has 0 aliphatic heterocycles. The van der Waals surface area contributed by atoms with E-state index in [0.29, 0.717) is 16.8 Å². The van der Waals surface area contributed by atoms with Crippen LogP contribution in [-0.4, -0.2) is 31.9 Å². The van der Waals surface area contributed by atoms with Crippen LogP contribution in [0.25, 0.3) is 0 Å². The maximum atomic E-state index is 13.4. The summed E-state index contributed by atoms with van der Waals surface area (Å²) in [4.78, 5) is 0. The molecule has 1 N–H and O–H groups in total. The molecular formula is C13H16BrClFNO2. The fourth-order valence-corrected chi connectivity index (χ4v) is 2.89. The molecular weight excluding hydrogens is 337 g/mol. The van der Waals surface area contributed by atoms with Gasteiger partial charge in [-0.1, -0.05) is 11.6 Å². The maximum Gasteiger partial charge on any atom is 0.145 e. The summed E-state index contributed by atoms with van der Waals surface area (Å²) >= 11 is 9.02. The van der Waals surface area contributed by atoms with Crippen molar-refractivity contribution in [1.82, 2.24) is 5.32 Å². The monoisotopic (exact) mass is 351 g/mol. The highest BCUT2D eigenvalue weighted by molar-refractivity contribution is 9.10. The van der Waals surface area contributed by atoms with Gasteiger partial charge in [0.15, 0.2) is 0 Å². The van der Waals surface area contributed by atoms with Crippen molar-refractivity contribution in [1.29, 1.82) is 0 Å². The first-order valence-electron chi connectivity index (χ1n) is 6.16. The van der Waals surface area contributed by atoms with E-state index in [1.54, 1.807) is 0 Å². The summed E-state index contributed by atoms with van der Waals surface area (Å²) in [5.41, 5.74) is 0. The second-order valence-electron chi connectivity index (χ2n) is 4.40. The third-order valence-electron chi connectivity index (χ3n) is 3.23. The average Bonchev–Trinajstić information content (AvgIpc) is 2.36. The fourth-order valence-electron chi connectivity index (χ4n) is 2.15. The van der Waals surface area contributed by atoms with Crippen molar-refractivity contribution in [3.05, 3.63) is 27.4 Å². The number of likely N-dealkylation sites (N-methyl/N-ethyl adjacent to an activating group) is 1. The predicted molar refractivity (Wildman–Crippen MR) is 76.4 cm³/mol. The molecule has 3 atom stereocenters. The summed E-state index contributed by atoms with van der Waals surface area (Å²) < 4.78 is 25.5. The summed E-state index contributed by atoms with van der Waals surface area (Å²) in [6, 6.07) is 3.07. The van der Waals surface area contributed by atoms with Crippen LogP contribution in [0.1, 0.15) is 13.3 Å². The quantitative estimate of drug-likeness (QED) is 0.824. The second-order valence-corrected chi connectivity index (χ2v) is 5.67. The highest BCUT2D eigenvalue weighted by Gasteiger charge is 2.43. The predicted octanol–water partition coefficient (Wildman–Crippen LogP) is 3.39. The fraction of sp³-hybridized carbons (Fsp3) is 0.538. The third-order valence-corrected chi connectivity index (χ3v) is 4.14. The second kappa shape index (κ2) is 6.39.